The molecule has 2 aromatic carbocycles. The van der Waals surface area contributed by atoms with E-state index < -0.39 is 0 Å². The molecule has 0 unspecified atom stereocenters. The number of benzene rings is 2. The summed E-state index contributed by atoms with van der Waals surface area (Å²) in [5, 5.41) is 6.97. The number of rotatable bonds is 10. The first-order valence-corrected chi connectivity index (χ1v) is 12.0. The minimum Gasteiger partial charge on any atom is -0.351 e. The van der Waals surface area contributed by atoms with Crippen LogP contribution in [-0.2, 0) is 13.1 Å². The first kappa shape index (κ1) is 23.0. The largest absolute Gasteiger partial charge is 0.351 e. The molecule has 0 amide bonds. The van der Waals surface area contributed by atoms with Gasteiger partial charge in [-0.05, 0) is 37.8 Å². The van der Waals surface area contributed by atoms with Crippen LogP contribution in [0.25, 0.3) is 0 Å². The Morgan fingerprint density at radius 1 is 0.818 bits per heavy atom. The Hall–Kier alpha value is -3.19. The van der Waals surface area contributed by atoms with Gasteiger partial charge < -0.3 is 15.5 Å². The Bertz CT molecular complexity index is 968. The van der Waals surface area contributed by atoms with Gasteiger partial charge in [0.25, 0.3) is 0 Å². The van der Waals surface area contributed by atoms with Gasteiger partial charge in [0.2, 0.25) is 17.8 Å². The fourth-order valence-electron chi connectivity index (χ4n) is 4.19. The minimum atomic E-state index is 0.367. The Labute approximate surface area is 197 Å². The minimum absolute atomic E-state index is 0.367. The Morgan fingerprint density at radius 2 is 1.42 bits per heavy atom. The Balaban J connectivity index is 1.40. The van der Waals surface area contributed by atoms with E-state index in [9.17, 15) is 0 Å². The third-order valence-corrected chi connectivity index (χ3v) is 6.13. The SMILES string of the molecule is CCN(CC)c1nc(NCc2ccccc2)nc(NC2CCN(Cc3ccccc3)CC2)n1. The number of anilines is 3. The molecule has 1 saturated heterocycles. The van der Waals surface area contributed by atoms with E-state index in [4.69, 9.17) is 9.97 Å². The molecule has 0 aliphatic carbocycles. The zero-order chi connectivity index (χ0) is 22.9. The summed E-state index contributed by atoms with van der Waals surface area (Å²) in [6.07, 6.45) is 2.15. The molecular formula is C26H35N7. The number of piperidine rings is 1. The van der Waals surface area contributed by atoms with Crippen LogP contribution < -0.4 is 15.5 Å². The first-order chi connectivity index (χ1) is 16.2. The van der Waals surface area contributed by atoms with Gasteiger partial charge >= 0.3 is 0 Å². The van der Waals surface area contributed by atoms with E-state index in [0.717, 1.165) is 51.5 Å². The zero-order valence-electron chi connectivity index (χ0n) is 19.7. The molecule has 1 aliphatic rings. The van der Waals surface area contributed by atoms with Crippen LogP contribution in [0.3, 0.4) is 0 Å². The molecule has 1 fully saturated rings. The lowest BCUT2D eigenvalue weighted by atomic mass is 10.0. The predicted molar refractivity (Wildman–Crippen MR) is 136 cm³/mol. The van der Waals surface area contributed by atoms with Gasteiger partial charge in [0.05, 0.1) is 0 Å². The molecular weight excluding hydrogens is 410 g/mol. The average Bonchev–Trinajstić information content (AvgIpc) is 2.86. The van der Waals surface area contributed by atoms with E-state index in [1.807, 2.05) is 18.2 Å². The lowest BCUT2D eigenvalue weighted by Gasteiger charge is -2.32. The van der Waals surface area contributed by atoms with Gasteiger partial charge in [-0.3, -0.25) is 4.90 Å². The molecule has 1 aromatic heterocycles. The molecule has 0 atom stereocenters. The molecule has 0 bridgehead atoms. The van der Waals surface area contributed by atoms with Crippen molar-refractivity contribution in [2.45, 2.75) is 45.8 Å². The number of likely N-dealkylation sites (tertiary alicyclic amines) is 1. The van der Waals surface area contributed by atoms with Crippen molar-refractivity contribution in [2.24, 2.45) is 0 Å². The van der Waals surface area contributed by atoms with Crippen molar-refractivity contribution in [1.29, 1.82) is 0 Å². The molecule has 2 N–H and O–H groups in total. The summed E-state index contributed by atoms with van der Waals surface area (Å²) in [7, 11) is 0. The maximum Gasteiger partial charge on any atom is 0.231 e. The van der Waals surface area contributed by atoms with Crippen molar-refractivity contribution in [3.05, 3.63) is 71.8 Å². The van der Waals surface area contributed by atoms with Crippen LogP contribution in [0.4, 0.5) is 17.8 Å². The molecule has 33 heavy (non-hydrogen) atoms. The van der Waals surface area contributed by atoms with E-state index in [2.05, 4.69) is 81.7 Å². The number of hydrogen-bond acceptors (Lipinski definition) is 7. The predicted octanol–water partition coefficient (Wildman–Crippen LogP) is 4.41. The van der Waals surface area contributed by atoms with Crippen LogP contribution in [0.2, 0.25) is 0 Å². The smallest absolute Gasteiger partial charge is 0.231 e. The molecule has 3 aromatic rings. The lowest BCUT2D eigenvalue weighted by molar-refractivity contribution is 0.211. The monoisotopic (exact) mass is 445 g/mol. The topological polar surface area (TPSA) is 69.2 Å². The highest BCUT2D eigenvalue weighted by molar-refractivity contribution is 5.44. The summed E-state index contributed by atoms with van der Waals surface area (Å²) < 4.78 is 0. The summed E-state index contributed by atoms with van der Waals surface area (Å²) in [4.78, 5) is 18.8. The molecule has 2 heterocycles. The molecule has 174 valence electrons. The number of aromatic nitrogens is 3. The normalized spacial score (nSPS) is 14.7. The second kappa shape index (κ2) is 11.6. The third-order valence-electron chi connectivity index (χ3n) is 6.13. The molecule has 0 saturated carbocycles. The van der Waals surface area contributed by atoms with Gasteiger partial charge in [-0.25, -0.2) is 0 Å². The Morgan fingerprint density at radius 3 is 2.06 bits per heavy atom. The van der Waals surface area contributed by atoms with Crippen LogP contribution >= 0.6 is 0 Å². The highest BCUT2D eigenvalue weighted by atomic mass is 15.3. The standard InChI is InChI=1S/C26H35N7/c1-3-33(4-2)26-30-24(27-19-21-11-7-5-8-12-21)29-25(31-26)28-23-15-17-32(18-16-23)20-22-13-9-6-10-14-22/h5-14,23H,3-4,15-20H2,1-2H3,(H2,27,28,29,30,31). The second-order valence-electron chi connectivity index (χ2n) is 8.47. The fourth-order valence-corrected chi connectivity index (χ4v) is 4.19. The highest BCUT2D eigenvalue weighted by Crippen LogP contribution is 2.19. The summed E-state index contributed by atoms with van der Waals surface area (Å²) >= 11 is 0. The molecule has 0 radical (unpaired) electrons. The maximum absolute atomic E-state index is 4.75. The summed E-state index contributed by atoms with van der Waals surface area (Å²) in [6, 6.07) is 21.4. The fraction of sp³-hybridized carbons (Fsp3) is 0.423. The van der Waals surface area contributed by atoms with Crippen molar-refractivity contribution < 1.29 is 0 Å². The molecule has 4 rings (SSSR count). The highest BCUT2D eigenvalue weighted by Gasteiger charge is 2.21. The van der Waals surface area contributed by atoms with Crippen molar-refractivity contribution in [1.82, 2.24) is 19.9 Å². The van der Waals surface area contributed by atoms with E-state index >= 15 is 0 Å². The van der Waals surface area contributed by atoms with Crippen molar-refractivity contribution in [3.8, 4) is 0 Å². The number of nitrogens with zero attached hydrogens (tertiary/aromatic N) is 5. The van der Waals surface area contributed by atoms with Crippen LogP contribution in [0.5, 0.6) is 0 Å². The van der Waals surface area contributed by atoms with Gasteiger partial charge in [-0.1, -0.05) is 60.7 Å². The first-order valence-electron chi connectivity index (χ1n) is 12.0. The number of nitrogens with one attached hydrogen (secondary N) is 2. The second-order valence-corrected chi connectivity index (χ2v) is 8.47. The average molecular weight is 446 g/mol. The zero-order valence-corrected chi connectivity index (χ0v) is 19.7. The van der Waals surface area contributed by atoms with Gasteiger partial charge in [0, 0.05) is 45.3 Å². The van der Waals surface area contributed by atoms with Crippen molar-refractivity contribution >= 4 is 17.8 Å². The van der Waals surface area contributed by atoms with Gasteiger partial charge in [0.15, 0.2) is 0 Å². The summed E-state index contributed by atoms with van der Waals surface area (Å²) in [5.74, 6) is 1.98. The van der Waals surface area contributed by atoms with Crippen LogP contribution in [0.1, 0.15) is 37.8 Å². The quantitative estimate of drug-likeness (QED) is 0.479. The van der Waals surface area contributed by atoms with E-state index in [0.29, 0.717) is 24.5 Å². The van der Waals surface area contributed by atoms with Crippen LogP contribution in [0, 0.1) is 0 Å². The lowest BCUT2D eigenvalue weighted by Crippen LogP contribution is -2.39. The third kappa shape index (κ3) is 6.65. The van der Waals surface area contributed by atoms with Gasteiger partial charge in [-0.2, -0.15) is 15.0 Å². The van der Waals surface area contributed by atoms with Crippen LogP contribution in [-0.4, -0.2) is 52.1 Å². The molecule has 7 heteroatoms. The van der Waals surface area contributed by atoms with E-state index in [-0.39, 0.29) is 0 Å². The van der Waals surface area contributed by atoms with E-state index in [1.165, 1.54) is 11.1 Å². The van der Waals surface area contributed by atoms with Gasteiger partial charge in [-0.15, -0.1) is 0 Å². The summed E-state index contributed by atoms with van der Waals surface area (Å²) in [5.41, 5.74) is 2.57. The summed E-state index contributed by atoms with van der Waals surface area (Å²) in [6.45, 7) is 9.80. The maximum atomic E-state index is 4.75. The Kier molecular flexibility index (Phi) is 8.09. The number of hydrogen-bond donors (Lipinski definition) is 2. The molecule has 0 spiro atoms. The van der Waals surface area contributed by atoms with Crippen molar-refractivity contribution in [3.63, 3.8) is 0 Å². The molecule has 7 nitrogen and oxygen atoms in total. The van der Waals surface area contributed by atoms with E-state index in [1.54, 1.807) is 0 Å². The van der Waals surface area contributed by atoms with Crippen molar-refractivity contribution in [2.75, 3.05) is 41.7 Å². The van der Waals surface area contributed by atoms with Gasteiger partial charge in [0.1, 0.15) is 0 Å². The molecule has 1 aliphatic heterocycles. The van der Waals surface area contributed by atoms with Crippen LogP contribution in [0.15, 0.2) is 60.7 Å².